The van der Waals surface area contributed by atoms with Crippen LogP contribution in [0.3, 0.4) is 0 Å². The molecule has 0 spiro atoms. The third-order valence-corrected chi connectivity index (χ3v) is 2.14. The fraction of sp³-hybridized carbons (Fsp3) is 0.143. The number of rotatable bonds is 3. The molecule has 0 N–H and O–H groups in total. The molecule has 0 aliphatic carbocycles. The van der Waals surface area contributed by atoms with Gasteiger partial charge in [-0.25, -0.2) is 0 Å². The van der Waals surface area contributed by atoms with Gasteiger partial charge in [0.1, 0.15) is 12.5 Å². The molecule has 0 radical (unpaired) electrons. The molecule has 1 atom stereocenters. The molecular weight excluding hydrogens is 240 g/mol. The Labute approximate surface area is 82.1 Å². The minimum atomic E-state index is -0.555. The van der Waals surface area contributed by atoms with Crippen LogP contribution in [0.25, 0.3) is 0 Å². The summed E-state index contributed by atoms with van der Waals surface area (Å²) in [6.07, 6.45) is 3.18. The molecule has 13 heavy (non-hydrogen) atoms. The Balaban J connectivity index is 3.04. The van der Waals surface area contributed by atoms with Crippen molar-refractivity contribution in [2.45, 2.75) is 4.83 Å². The molecule has 0 aliphatic heterocycles. The molecule has 0 saturated heterocycles. The average Bonchev–Trinajstić information content (AvgIpc) is 2.17. The van der Waals surface area contributed by atoms with Crippen molar-refractivity contribution in [1.82, 2.24) is 4.98 Å². The SMILES string of the molecule is O=C[C@@H](Br)c1cncc([N+](=O)[O-])c1. The molecule has 1 aromatic heterocycles. The fourth-order valence-electron chi connectivity index (χ4n) is 0.774. The molecule has 0 aromatic carbocycles. The van der Waals surface area contributed by atoms with Gasteiger partial charge in [-0.3, -0.25) is 15.1 Å². The highest BCUT2D eigenvalue weighted by Crippen LogP contribution is 2.22. The summed E-state index contributed by atoms with van der Waals surface area (Å²) < 4.78 is 0. The van der Waals surface area contributed by atoms with Gasteiger partial charge in [-0.1, -0.05) is 15.9 Å². The second-order valence-electron chi connectivity index (χ2n) is 2.27. The van der Waals surface area contributed by atoms with E-state index in [1.807, 2.05) is 0 Å². The molecule has 0 bridgehead atoms. The quantitative estimate of drug-likeness (QED) is 0.351. The maximum Gasteiger partial charge on any atom is 0.287 e. The van der Waals surface area contributed by atoms with Gasteiger partial charge in [0.15, 0.2) is 0 Å². The van der Waals surface area contributed by atoms with Gasteiger partial charge in [-0.15, -0.1) is 0 Å². The first kappa shape index (κ1) is 9.79. The van der Waals surface area contributed by atoms with Crippen molar-refractivity contribution in [3.05, 3.63) is 34.1 Å². The molecule has 1 rings (SSSR count). The lowest BCUT2D eigenvalue weighted by Gasteiger charge is -1.99. The number of carbonyl (C=O) groups is 1. The van der Waals surface area contributed by atoms with E-state index in [0.29, 0.717) is 11.8 Å². The number of alkyl halides is 1. The molecule has 0 unspecified atom stereocenters. The third kappa shape index (κ3) is 2.32. The maximum absolute atomic E-state index is 10.3. The molecule has 0 fully saturated rings. The summed E-state index contributed by atoms with van der Waals surface area (Å²) in [4.78, 5) is 23.2. The van der Waals surface area contributed by atoms with Crippen LogP contribution in [0.5, 0.6) is 0 Å². The minimum Gasteiger partial charge on any atom is -0.302 e. The second-order valence-corrected chi connectivity index (χ2v) is 3.26. The molecule has 1 aromatic rings. The van der Waals surface area contributed by atoms with Crippen molar-refractivity contribution < 1.29 is 9.72 Å². The summed E-state index contributed by atoms with van der Waals surface area (Å²) >= 11 is 3.04. The first-order valence-electron chi connectivity index (χ1n) is 3.34. The first-order valence-corrected chi connectivity index (χ1v) is 4.25. The number of halogens is 1. The van der Waals surface area contributed by atoms with E-state index in [0.717, 1.165) is 6.20 Å². The molecule has 6 heteroatoms. The van der Waals surface area contributed by atoms with Crippen LogP contribution in [0.15, 0.2) is 18.5 Å². The van der Waals surface area contributed by atoms with Crippen LogP contribution in [-0.4, -0.2) is 16.2 Å². The number of hydrogen-bond donors (Lipinski definition) is 0. The van der Waals surface area contributed by atoms with Crippen molar-refractivity contribution in [3.63, 3.8) is 0 Å². The summed E-state index contributed by atoms with van der Waals surface area (Å²) in [5, 5.41) is 10.3. The van der Waals surface area contributed by atoms with Crippen LogP contribution >= 0.6 is 15.9 Å². The van der Waals surface area contributed by atoms with Crippen molar-refractivity contribution in [2.75, 3.05) is 0 Å². The lowest BCUT2D eigenvalue weighted by atomic mass is 10.2. The van der Waals surface area contributed by atoms with E-state index >= 15 is 0 Å². The zero-order chi connectivity index (χ0) is 9.84. The first-order chi connectivity index (χ1) is 6.15. The van der Waals surface area contributed by atoms with Gasteiger partial charge in [0.2, 0.25) is 0 Å². The zero-order valence-corrected chi connectivity index (χ0v) is 7.97. The highest BCUT2D eigenvalue weighted by Gasteiger charge is 2.11. The summed E-state index contributed by atoms with van der Waals surface area (Å²) in [5.41, 5.74) is 0.355. The van der Waals surface area contributed by atoms with Gasteiger partial charge in [0.25, 0.3) is 5.69 Å². The Morgan fingerprint density at radius 2 is 2.31 bits per heavy atom. The Kier molecular flexibility index (Phi) is 3.07. The van der Waals surface area contributed by atoms with Crippen LogP contribution < -0.4 is 0 Å². The Hall–Kier alpha value is -1.30. The molecule has 1 heterocycles. The zero-order valence-electron chi connectivity index (χ0n) is 6.38. The second kappa shape index (κ2) is 4.08. The summed E-state index contributed by atoms with van der Waals surface area (Å²) in [6.45, 7) is 0. The van der Waals surface area contributed by atoms with E-state index in [1.54, 1.807) is 0 Å². The number of carbonyl (C=O) groups excluding carboxylic acids is 1. The maximum atomic E-state index is 10.3. The Morgan fingerprint density at radius 1 is 1.62 bits per heavy atom. The topological polar surface area (TPSA) is 73.1 Å². The van der Waals surface area contributed by atoms with Gasteiger partial charge >= 0.3 is 0 Å². The standard InChI is InChI=1S/C7H5BrN2O3/c8-7(4-11)5-1-6(10(12)13)3-9-2-5/h1-4,7H/t7-/m1/s1. The smallest absolute Gasteiger partial charge is 0.287 e. The van der Waals surface area contributed by atoms with Gasteiger partial charge in [-0.2, -0.15) is 0 Å². The summed E-state index contributed by atoms with van der Waals surface area (Å²) in [5.74, 6) is 0. The largest absolute Gasteiger partial charge is 0.302 e. The number of pyridine rings is 1. The molecule has 0 aliphatic rings. The monoisotopic (exact) mass is 244 g/mol. The number of nitrogens with zero attached hydrogens (tertiary/aromatic N) is 2. The molecule has 0 saturated carbocycles. The van der Waals surface area contributed by atoms with Crippen molar-refractivity contribution in [1.29, 1.82) is 0 Å². The van der Waals surface area contributed by atoms with E-state index in [2.05, 4.69) is 20.9 Å². The van der Waals surface area contributed by atoms with Crippen LogP contribution in [0.2, 0.25) is 0 Å². The lowest BCUT2D eigenvalue weighted by Crippen LogP contribution is -1.95. The Morgan fingerprint density at radius 3 is 2.85 bits per heavy atom. The van der Waals surface area contributed by atoms with Gasteiger partial charge in [-0.05, 0) is 5.56 Å². The third-order valence-electron chi connectivity index (χ3n) is 1.39. The molecular formula is C7H5BrN2O3. The number of hydrogen-bond acceptors (Lipinski definition) is 4. The summed E-state index contributed by atoms with van der Waals surface area (Å²) in [6, 6.07) is 1.31. The van der Waals surface area contributed by atoms with Crippen LogP contribution in [0.4, 0.5) is 5.69 Å². The van der Waals surface area contributed by atoms with Crippen LogP contribution in [0, 0.1) is 10.1 Å². The number of aldehydes is 1. The van der Waals surface area contributed by atoms with Gasteiger partial charge < -0.3 is 4.79 Å². The van der Waals surface area contributed by atoms with Crippen molar-refractivity contribution in [2.24, 2.45) is 0 Å². The molecule has 68 valence electrons. The number of nitro groups is 1. The normalized spacial score (nSPS) is 12.1. The highest BCUT2D eigenvalue weighted by atomic mass is 79.9. The van der Waals surface area contributed by atoms with Crippen LogP contribution in [0.1, 0.15) is 10.4 Å². The van der Waals surface area contributed by atoms with E-state index in [9.17, 15) is 14.9 Å². The molecule has 5 nitrogen and oxygen atoms in total. The predicted octanol–water partition coefficient (Wildman–Crippen LogP) is 1.62. The van der Waals surface area contributed by atoms with Crippen LogP contribution in [-0.2, 0) is 4.79 Å². The van der Waals surface area contributed by atoms with E-state index in [1.165, 1.54) is 12.3 Å². The summed E-state index contributed by atoms with van der Waals surface area (Å²) in [7, 11) is 0. The lowest BCUT2D eigenvalue weighted by molar-refractivity contribution is -0.385. The molecule has 0 amide bonds. The highest BCUT2D eigenvalue weighted by molar-refractivity contribution is 9.09. The fourth-order valence-corrected chi connectivity index (χ4v) is 1.02. The van der Waals surface area contributed by atoms with Crippen molar-refractivity contribution >= 4 is 27.9 Å². The van der Waals surface area contributed by atoms with Crippen molar-refractivity contribution in [3.8, 4) is 0 Å². The predicted molar refractivity (Wildman–Crippen MR) is 48.6 cm³/mol. The van der Waals surface area contributed by atoms with Gasteiger partial charge in [0, 0.05) is 12.3 Å². The van der Waals surface area contributed by atoms with Gasteiger partial charge in [0.05, 0.1) is 9.75 Å². The van der Waals surface area contributed by atoms with E-state index in [4.69, 9.17) is 0 Å². The minimum absolute atomic E-state index is 0.121. The number of aromatic nitrogens is 1. The van der Waals surface area contributed by atoms with E-state index < -0.39 is 9.75 Å². The van der Waals surface area contributed by atoms with E-state index in [-0.39, 0.29) is 5.69 Å². The Bertz CT molecular complexity index is 342. The average molecular weight is 245 g/mol.